The number of unbranched alkanes of at least 4 members (excludes halogenated alkanes) is 3. The lowest BCUT2D eigenvalue weighted by Gasteiger charge is -2.10. The van der Waals surface area contributed by atoms with Crippen molar-refractivity contribution in [3.63, 3.8) is 0 Å². The van der Waals surface area contributed by atoms with Crippen molar-refractivity contribution in [3.8, 4) is 5.75 Å². The monoisotopic (exact) mass is 344 g/mol. The first-order valence-corrected chi connectivity index (χ1v) is 8.70. The molecular formula is C20H25FN2O2. The molecule has 0 saturated heterocycles. The molecule has 134 valence electrons. The van der Waals surface area contributed by atoms with E-state index in [4.69, 9.17) is 4.74 Å². The van der Waals surface area contributed by atoms with Crippen LogP contribution in [-0.2, 0) is 4.79 Å². The van der Waals surface area contributed by atoms with Gasteiger partial charge in [-0.15, -0.1) is 0 Å². The highest BCUT2D eigenvalue weighted by Gasteiger charge is 2.06. The summed E-state index contributed by atoms with van der Waals surface area (Å²) in [5.74, 6) is 0.0151. The maximum Gasteiger partial charge on any atom is 0.243 e. The van der Waals surface area contributed by atoms with Gasteiger partial charge in [0.2, 0.25) is 5.91 Å². The summed E-state index contributed by atoms with van der Waals surface area (Å²) in [4.78, 5) is 11.9. The lowest BCUT2D eigenvalue weighted by Crippen LogP contribution is -2.22. The molecule has 0 aliphatic rings. The number of hydrogen-bond acceptors (Lipinski definition) is 3. The van der Waals surface area contributed by atoms with E-state index >= 15 is 0 Å². The molecular weight excluding hydrogens is 319 g/mol. The molecule has 2 N–H and O–H groups in total. The Hall–Kier alpha value is -2.56. The van der Waals surface area contributed by atoms with Crippen LogP contribution >= 0.6 is 0 Å². The van der Waals surface area contributed by atoms with E-state index in [2.05, 4.69) is 17.6 Å². The van der Waals surface area contributed by atoms with E-state index < -0.39 is 5.82 Å². The standard InChI is InChI=1S/C20H25FN2O2/c1-2-3-4-7-13-25-17-10-8-9-16(14-17)22-15-20(24)23-19-12-6-5-11-18(19)21/h5-6,8-12,14,22H,2-4,7,13,15H2,1H3,(H,23,24). The van der Waals surface area contributed by atoms with Crippen LogP contribution < -0.4 is 15.4 Å². The van der Waals surface area contributed by atoms with Gasteiger partial charge < -0.3 is 15.4 Å². The molecule has 0 radical (unpaired) electrons. The normalized spacial score (nSPS) is 10.3. The van der Waals surface area contributed by atoms with Crippen LogP contribution in [0, 0.1) is 5.82 Å². The summed E-state index contributed by atoms with van der Waals surface area (Å²) in [5, 5.41) is 5.56. The Kier molecular flexibility index (Phi) is 7.76. The summed E-state index contributed by atoms with van der Waals surface area (Å²) in [6.07, 6.45) is 4.64. The zero-order chi connectivity index (χ0) is 17.9. The Balaban J connectivity index is 1.77. The highest BCUT2D eigenvalue weighted by Crippen LogP contribution is 2.18. The highest BCUT2D eigenvalue weighted by molar-refractivity contribution is 5.93. The summed E-state index contributed by atoms with van der Waals surface area (Å²) < 4.78 is 19.2. The van der Waals surface area contributed by atoms with Crippen molar-refractivity contribution in [3.05, 3.63) is 54.3 Å². The Morgan fingerprint density at radius 1 is 1.08 bits per heavy atom. The number of rotatable bonds is 10. The molecule has 0 spiro atoms. The first kappa shape index (κ1) is 18.8. The summed E-state index contributed by atoms with van der Waals surface area (Å²) >= 11 is 0. The van der Waals surface area contributed by atoms with E-state index in [1.807, 2.05) is 24.3 Å². The minimum absolute atomic E-state index is 0.0499. The highest BCUT2D eigenvalue weighted by atomic mass is 19.1. The van der Waals surface area contributed by atoms with Gasteiger partial charge in [-0.25, -0.2) is 4.39 Å². The van der Waals surface area contributed by atoms with E-state index in [1.165, 1.54) is 31.4 Å². The Bertz CT molecular complexity index is 676. The molecule has 2 aromatic carbocycles. The van der Waals surface area contributed by atoms with Crippen LogP contribution in [0.25, 0.3) is 0 Å². The van der Waals surface area contributed by atoms with Gasteiger partial charge in [0.1, 0.15) is 11.6 Å². The second kappa shape index (κ2) is 10.3. The van der Waals surface area contributed by atoms with Crippen molar-refractivity contribution in [1.82, 2.24) is 0 Å². The van der Waals surface area contributed by atoms with E-state index in [1.54, 1.807) is 12.1 Å². The van der Waals surface area contributed by atoms with Crippen LogP contribution in [0.2, 0.25) is 0 Å². The largest absolute Gasteiger partial charge is 0.494 e. The summed E-state index contributed by atoms with van der Waals surface area (Å²) in [5.41, 5.74) is 0.966. The van der Waals surface area contributed by atoms with E-state index in [-0.39, 0.29) is 18.1 Å². The van der Waals surface area contributed by atoms with Crippen LogP contribution in [0.3, 0.4) is 0 Å². The minimum atomic E-state index is -0.450. The van der Waals surface area contributed by atoms with Gasteiger partial charge in [-0.05, 0) is 30.7 Å². The molecule has 1 amide bonds. The molecule has 25 heavy (non-hydrogen) atoms. The molecule has 2 rings (SSSR count). The van der Waals surface area contributed by atoms with E-state index in [0.29, 0.717) is 6.61 Å². The number of benzene rings is 2. The quantitative estimate of drug-likeness (QED) is 0.607. The molecule has 0 aliphatic heterocycles. The lowest BCUT2D eigenvalue weighted by atomic mass is 10.2. The Morgan fingerprint density at radius 3 is 2.72 bits per heavy atom. The second-order valence-corrected chi connectivity index (χ2v) is 5.82. The lowest BCUT2D eigenvalue weighted by molar-refractivity contribution is -0.114. The van der Waals surface area contributed by atoms with Gasteiger partial charge in [0.05, 0.1) is 18.8 Å². The number of para-hydroxylation sites is 1. The average Bonchev–Trinajstić information content (AvgIpc) is 2.62. The van der Waals surface area contributed by atoms with Gasteiger partial charge in [0, 0.05) is 11.8 Å². The predicted octanol–water partition coefficient (Wildman–Crippen LogP) is 4.84. The third-order valence-corrected chi connectivity index (χ3v) is 3.70. The SMILES string of the molecule is CCCCCCOc1cccc(NCC(=O)Nc2ccccc2F)c1. The van der Waals surface area contributed by atoms with Crippen molar-refractivity contribution >= 4 is 17.3 Å². The number of anilines is 2. The van der Waals surface area contributed by atoms with Gasteiger partial charge in [-0.1, -0.05) is 44.4 Å². The Morgan fingerprint density at radius 2 is 1.92 bits per heavy atom. The first-order chi connectivity index (χ1) is 12.2. The molecule has 0 aliphatic carbocycles. The topological polar surface area (TPSA) is 50.4 Å². The second-order valence-electron chi connectivity index (χ2n) is 5.82. The zero-order valence-corrected chi connectivity index (χ0v) is 14.6. The van der Waals surface area contributed by atoms with Gasteiger partial charge in [-0.3, -0.25) is 4.79 Å². The van der Waals surface area contributed by atoms with E-state index in [9.17, 15) is 9.18 Å². The number of ether oxygens (including phenoxy) is 1. The van der Waals surface area contributed by atoms with Gasteiger partial charge in [0.15, 0.2) is 0 Å². The smallest absolute Gasteiger partial charge is 0.243 e. The van der Waals surface area contributed by atoms with Crippen LogP contribution in [0.15, 0.2) is 48.5 Å². The fourth-order valence-corrected chi connectivity index (χ4v) is 2.35. The number of amides is 1. The van der Waals surface area contributed by atoms with Crippen molar-refractivity contribution in [2.75, 3.05) is 23.8 Å². The van der Waals surface area contributed by atoms with E-state index in [0.717, 1.165) is 17.9 Å². The number of hydrogen-bond donors (Lipinski definition) is 2. The maximum atomic E-state index is 13.5. The molecule has 0 unspecified atom stereocenters. The molecule has 0 saturated carbocycles. The van der Waals surface area contributed by atoms with Crippen molar-refractivity contribution in [2.24, 2.45) is 0 Å². The summed E-state index contributed by atoms with van der Waals surface area (Å²) in [6, 6.07) is 13.6. The number of carbonyl (C=O) groups is 1. The van der Waals surface area contributed by atoms with Crippen LogP contribution in [-0.4, -0.2) is 19.1 Å². The fourth-order valence-electron chi connectivity index (χ4n) is 2.35. The molecule has 4 nitrogen and oxygen atoms in total. The third-order valence-electron chi connectivity index (χ3n) is 3.70. The van der Waals surface area contributed by atoms with Gasteiger partial charge in [-0.2, -0.15) is 0 Å². The molecule has 0 aromatic heterocycles. The molecule has 2 aromatic rings. The Labute approximate surface area is 148 Å². The summed E-state index contributed by atoms with van der Waals surface area (Å²) in [6.45, 7) is 2.92. The first-order valence-electron chi connectivity index (χ1n) is 8.70. The number of carbonyl (C=O) groups excluding carboxylic acids is 1. The van der Waals surface area contributed by atoms with Crippen molar-refractivity contribution < 1.29 is 13.9 Å². The van der Waals surface area contributed by atoms with Crippen LogP contribution in [0.5, 0.6) is 5.75 Å². The third kappa shape index (κ3) is 6.83. The molecule has 0 atom stereocenters. The van der Waals surface area contributed by atoms with Gasteiger partial charge in [0.25, 0.3) is 0 Å². The summed E-state index contributed by atoms with van der Waals surface area (Å²) in [7, 11) is 0. The molecule has 0 heterocycles. The molecule has 5 heteroatoms. The van der Waals surface area contributed by atoms with Gasteiger partial charge >= 0.3 is 0 Å². The molecule has 0 bridgehead atoms. The minimum Gasteiger partial charge on any atom is -0.494 e. The maximum absolute atomic E-state index is 13.5. The van der Waals surface area contributed by atoms with Crippen LogP contribution in [0.4, 0.5) is 15.8 Å². The number of halogens is 1. The fraction of sp³-hybridized carbons (Fsp3) is 0.350. The van der Waals surface area contributed by atoms with Crippen molar-refractivity contribution in [2.45, 2.75) is 32.6 Å². The zero-order valence-electron chi connectivity index (χ0n) is 14.6. The molecule has 0 fully saturated rings. The van der Waals surface area contributed by atoms with Crippen molar-refractivity contribution in [1.29, 1.82) is 0 Å². The number of nitrogens with one attached hydrogen (secondary N) is 2. The predicted molar refractivity (Wildman–Crippen MR) is 99.6 cm³/mol. The van der Waals surface area contributed by atoms with Crippen LogP contribution in [0.1, 0.15) is 32.6 Å². The average molecular weight is 344 g/mol.